The lowest BCUT2D eigenvalue weighted by atomic mass is 10.1. The van der Waals surface area contributed by atoms with Crippen LogP contribution in [0.2, 0.25) is 0 Å². The van der Waals surface area contributed by atoms with Crippen molar-refractivity contribution in [3.05, 3.63) is 35.5 Å². The second-order valence-electron chi connectivity index (χ2n) is 4.84. The van der Waals surface area contributed by atoms with Gasteiger partial charge in [-0.15, -0.1) is 0 Å². The zero-order valence-corrected chi connectivity index (χ0v) is 11.2. The Hall–Kier alpha value is -1.75. The first kappa shape index (κ1) is 13.7. The Bertz CT molecular complexity index is 551. The van der Waals surface area contributed by atoms with Crippen LogP contribution < -0.4 is 5.73 Å². The fraction of sp³-hybridized carbons (Fsp3) is 0.429. The molecule has 0 amide bonds. The predicted octanol–water partition coefficient (Wildman–Crippen LogP) is 2.85. The van der Waals surface area contributed by atoms with Crippen LogP contribution in [0.15, 0.2) is 22.7 Å². The number of hydrogen-bond donors (Lipinski definition) is 1. The van der Waals surface area contributed by atoms with Crippen LogP contribution in [0, 0.1) is 12.7 Å². The van der Waals surface area contributed by atoms with Gasteiger partial charge in [0, 0.05) is 18.0 Å². The fourth-order valence-corrected chi connectivity index (χ4v) is 1.88. The van der Waals surface area contributed by atoms with E-state index in [4.69, 9.17) is 10.3 Å². The standard InChI is InChI=1S/C14H18FN3O/c1-9-6-7-11(15)8-12(9)14-17-13(19-18-14)5-3-4-10(2)16/h6-8,10H,3-5,16H2,1-2H3. The van der Waals surface area contributed by atoms with Gasteiger partial charge in [-0.3, -0.25) is 0 Å². The van der Waals surface area contributed by atoms with E-state index < -0.39 is 0 Å². The highest BCUT2D eigenvalue weighted by Crippen LogP contribution is 2.21. The van der Waals surface area contributed by atoms with Crippen molar-refractivity contribution in [2.24, 2.45) is 5.73 Å². The summed E-state index contributed by atoms with van der Waals surface area (Å²) in [5.74, 6) is 0.705. The Labute approximate surface area is 111 Å². The predicted molar refractivity (Wildman–Crippen MR) is 71.0 cm³/mol. The first-order valence-corrected chi connectivity index (χ1v) is 6.41. The van der Waals surface area contributed by atoms with Gasteiger partial charge in [0.2, 0.25) is 11.7 Å². The number of nitrogens with two attached hydrogens (primary N) is 1. The summed E-state index contributed by atoms with van der Waals surface area (Å²) < 4.78 is 18.4. The SMILES string of the molecule is Cc1ccc(F)cc1-c1noc(CCCC(C)N)n1. The molecule has 0 fully saturated rings. The smallest absolute Gasteiger partial charge is 0.226 e. The van der Waals surface area contributed by atoms with Gasteiger partial charge < -0.3 is 10.3 Å². The van der Waals surface area contributed by atoms with Crippen molar-refractivity contribution in [2.45, 2.75) is 39.2 Å². The van der Waals surface area contributed by atoms with Crippen LogP contribution >= 0.6 is 0 Å². The molecule has 5 heteroatoms. The summed E-state index contributed by atoms with van der Waals surface area (Å²) in [5.41, 5.74) is 7.27. The molecule has 2 aromatic rings. The van der Waals surface area contributed by atoms with E-state index >= 15 is 0 Å². The normalized spacial score (nSPS) is 12.6. The monoisotopic (exact) mass is 263 g/mol. The molecule has 102 valence electrons. The maximum atomic E-state index is 13.2. The van der Waals surface area contributed by atoms with E-state index in [1.165, 1.54) is 12.1 Å². The van der Waals surface area contributed by atoms with Crippen molar-refractivity contribution in [1.29, 1.82) is 0 Å². The number of halogens is 1. The van der Waals surface area contributed by atoms with E-state index in [1.54, 1.807) is 6.07 Å². The minimum atomic E-state index is -0.302. The molecule has 0 spiro atoms. The number of nitrogens with zero attached hydrogens (tertiary/aromatic N) is 2. The van der Waals surface area contributed by atoms with Gasteiger partial charge in [0.1, 0.15) is 5.82 Å². The fourth-order valence-electron chi connectivity index (χ4n) is 1.88. The summed E-state index contributed by atoms with van der Waals surface area (Å²) in [4.78, 5) is 4.29. The van der Waals surface area contributed by atoms with E-state index in [0.29, 0.717) is 23.7 Å². The quantitative estimate of drug-likeness (QED) is 0.900. The molecule has 0 saturated carbocycles. The number of aromatic nitrogens is 2. The molecule has 2 rings (SSSR count). The molecular formula is C14H18FN3O. The van der Waals surface area contributed by atoms with Gasteiger partial charge in [-0.1, -0.05) is 11.2 Å². The first-order chi connectivity index (χ1) is 9.06. The van der Waals surface area contributed by atoms with Crippen LogP contribution in [0.3, 0.4) is 0 Å². The lowest BCUT2D eigenvalue weighted by Crippen LogP contribution is -2.14. The van der Waals surface area contributed by atoms with Crippen molar-refractivity contribution >= 4 is 0 Å². The van der Waals surface area contributed by atoms with E-state index in [1.807, 2.05) is 13.8 Å². The third kappa shape index (κ3) is 3.61. The molecule has 0 aliphatic rings. The lowest BCUT2D eigenvalue weighted by Gasteiger charge is -2.01. The Morgan fingerprint density at radius 2 is 2.21 bits per heavy atom. The largest absolute Gasteiger partial charge is 0.339 e. The summed E-state index contributed by atoms with van der Waals surface area (Å²) in [6.07, 6.45) is 2.51. The van der Waals surface area contributed by atoms with Crippen molar-refractivity contribution in [1.82, 2.24) is 10.1 Å². The van der Waals surface area contributed by atoms with E-state index in [0.717, 1.165) is 18.4 Å². The lowest BCUT2D eigenvalue weighted by molar-refractivity contribution is 0.373. The van der Waals surface area contributed by atoms with Gasteiger partial charge in [-0.2, -0.15) is 4.98 Å². The summed E-state index contributed by atoms with van der Waals surface area (Å²) in [7, 11) is 0. The molecule has 0 radical (unpaired) electrons. The Morgan fingerprint density at radius 1 is 1.42 bits per heavy atom. The van der Waals surface area contributed by atoms with Crippen molar-refractivity contribution < 1.29 is 8.91 Å². The van der Waals surface area contributed by atoms with Crippen LogP contribution in [-0.2, 0) is 6.42 Å². The van der Waals surface area contributed by atoms with Gasteiger partial charge >= 0.3 is 0 Å². The van der Waals surface area contributed by atoms with E-state index in [-0.39, 0.29) is 11.9 Å². The highest BCUT2D eigenvalue weighted by Gasteiger charge is 2.11. The molecule has 0 aliphatic heterocycles. The van der Waals surface area contributed by atoms with Crippen LogP contribution in [0.1, 0.15) is 31.2 Å². The van der Waals surface area contributed by atoms with E-state index in [9.17, 15) is 4.39 Å². The summed E-state index contributed by atoms with van der Waals surface area (Å²) in [5, 5.41) is 3.90. The summed E-state index contributed by atoms with van der Waals surface area (Å²) >= 11 is 0. The molecule has 1 aromatic heterocycles. The molecule has 0 bridgehead atoms. The Balaban J connectivity index is 2.10. The van der Waals surface area contributed by atoms with Gasteiger partial charge in [0.25, 0.3) is 0 Å². The zero-order valence-electron chi connectivity index (χ0n) is 11.2. The molecule has 1 heterocycles. The van der Waals surface area contributed by atoms with Gasteiger partial charge in [0.05, 0.1) is 0 Å². The number of hydrogen-bond acceptors (Lipinski definition) is 4. The molecule has 19 heavy (non-hydrogen) atoms. The maximum absolute atomic E-state index is 13.2. The molecule has 1 unspecified atom stereocenters. The van der Waals surface area contributed by atoms with Gasteiger partial charge in [0.15, 0.2) is 0 Å². The minimum Gasteiger partial charge on any atom is -0.339 e. The van der Waals surface area contributed by atoms with Crippen molar-refractivity contribution in [3.8, 4) is 11.4 Å². The number of benzene rings is 1. The van der Waals surface area contributed by atoms with Gasteiger partial charge in [-0.25, -0.2) is 4.39 Å². The molecule has 2 N–H and O–H groups in total. The third-order valence-corrected chi connectivity index (χ3v) is 2.96. The van der Waals surface area contributed by atoms with Crippen LogP contribution in [0.25, 0.3) is 11.4 Å². The topological polar surface area (TPSA) is 64.9 Å². The van der Waals surface area contributed by atoms with Crippen LogP contribution in [0.5, 0.6) is 0 Å². The second kappa shape index (κ2) is 5.93. The third-order valence-electron chi connectivity index (χ3n) is 2.96. The molecule has 1 atom stereocenters. The summed E-state index contributed by atoms with van der Waals surface area (Å²) in [6, 6.07) is 4.72. The first-order valence-electron chi connectivity index (χ1n) is 6.41. The molecule has 4 nitrogen and oxygen atoms in total. The number of rotatable bonds is 5. The molecule has 0 saturated heterocycles. The Kier molecular flexibility index (Phi) is 4.27. The maximum Gasteiger partial charge on any atom is 0.226 e. The molecule has 1 aromatic carbocycles. The van der Waals surface area contributed by atoms with E-state index in [2.05, 4.69) is 10.1 Å². The minimum absolute atomic E-state index is 0.174. The van der Waals surface area contributed by atoms with Crippen LogP contribution in [-0.4, -0.2) is 16.2 Å². The Morgan fingerprint density at radius 3 is 2.95 bits per heavy atom. The second-order valence-corrected chi connectivity index (χ2v) is 4.84. The van der Waals surface area contributed by atoms with Gasteiger partial charge in [-0.05, 0) is 44.4 Å². The van der Waals surface area contributed by atoms with Crippen LogP contribution in [0.4, 0.5) is 4.39 Å². The molecular weight excluding hydrogens is 245 g/mol. The van der Waals surface area contributed by atoms with Crippen molar-refractivity contribution in [3.63, 3.8) is 0 Å². The zero-order chi connectivity index (χ0) is 13.8. The van der Waals surface area contributed by atoms with Crippen molar-refractivity contribution in [2.75, 3.05) is 0 Å². The highest BCUT2D eigenvalue weighted by molar-refractivity contribution is 5.59. The average molecular weight is 263 g/mol. The highest BCUT2D eigenvalue weighted by atomic mass is 19.1. The number of aryl methyl sites for hydroxylation is 2. The summed E-state index contributed by atoms with van der Waals surface area (Å²) in [6.45, 7) is 3.86. The average Bonchev–Trinajstić information content (AvgIpc) is 2.80. The molecule has 0 aliphatic carbocycles.